The van der Waals surface area contributed by atoms with Gasteiger partial charge in [0.05, 0.1) is 6.54 Å². The quantitative estimate of drug-likeness (QED) is 0.577. The van der Waals surface area contributed by atoms with Crippen LogP contribution < -0.4 is 4.74 Å². The lowest BCUT2D eigenvalue weighted by atomic mass is 9.99. The highest BCUT2D eigenvalue weighted by Gasteiger charge is 2.22. The van der Waals surface area contributed by atoms with Crippen molar-refractivity contribution in [2.24, 2.45) is 0 Å². The second-order valence-corrected chi connectivity index (χ2v) is 8.50. The molecule has 31 heavy (non-hydrogen) atoms. The number of rotatable bonds is 3. The maximum atomic E-state index is 13.0. The van der Waals surface area contributed by atoms with Gasteiger partial charge in [0.25, 0.3) is 5.91 Å². The van der Waals surface area contributed by atoms with Gasteiger partial charge in [0.1, 0.15) is 17.5 Å². The first-order valence-electron chi connectivity index (χ1n) is 10.6. The van der Waals surface area contributed by atoms with Crippen LogP contribution in [0, 0.1) is 0 Å². The summed E-state index contributed by atoms with van der Waals surface area (Å²) in [6, 6.07) is 18.4. The van der Waals surface area contributed by atoms with Gasteiger partial charge < -0.3 is 9.64 Å². The number of fused-ring (bicyclic) bond motifs is 2. The highest BCUT2D eigenvalue weighted by atomic mass is 35.5. The van der Waals surface area contributed by atoms with Crippen molar-refractivity contribution >= 4 is 17.5 Å². The Hall–Kier alpha value is -2.89. The van der Waals surface area contributed by atoms with Gasteiger partial charge in [0.2, 0.25) is 0 Å². The van der Waals surface area contributed by atoms with Crippen molar-refractivity contribution in [1.82, 2.24) is 14.8 Å². The number of amides is 1. The maximum Gasteiger partial charge on any atom is 0.254 e. The molecule has 0 N–H and O–H groups in total. The predicted octanol–water partition coefficient (Wildman–Crippen LogP) is 4.33. The third kappa shape index (κ3) is 4.43. The topological polar surface area (TPSA) is 45.7 Å². The Labute approximate surface area is 187 Å². The predicted molar refractivity (Wildman–Crippen MR) is 120 cm³/mol. The number of pyridine rings is 1. The lowest BCUT2D eigenvalue weighted by Crippen LogP contribution is -2.32. The number of benzene rings is 2. The Morgan fingerprint density at radius 2 is 1.87 bits per heavy atom. The maximum absolute atomic E-state index is 13.0. The number of aromatic nitrogens is 1. The van der Waals surface area contributed by atoms with Crippen molar-refractivity contribution in [1.29, 1.82) is 0 Å². The average molecular weight is 434 g/mol. The first-order chi connectivity index (χ1) is 15.2. The molecule has 0 saturated heterocycles. The first kappa shape index (κ1) is 20.0. The van der Waals surface area contributed by atoms with E-state index in [0.717, 1.165) is 37.4 Å². The summed E-state index contributed by atoms with van der Waals surface area (Å²) in [6.07, 6.45) is 2.65. The van der Waals surface area contributed by atoms with E-state index in [1.54, 1.807) is 18.3 Å². The lowest BCUT2D eigenvalue weighted by molar-refractivity contribution is 0.0733. The van der Waals surface area contributed by atoms with Crippen LogP contribution in [0.4, 0.5) is 0 Å². The molecule has 2 aliphatic rings. The van der Waals surface area contributed by atoms with Crippen LogP contribution in [0.25, 0.3) is 0 Å². The van der Waals surface area contributed by atoms with Crippen molar-refractivity contribution in [3.8, 4) is 5.75 Å². The van der Waals surface area contributed by atoms with Crippen LogP contribution in [0.2, 0.25) is 5.15 Å². The zero-order valence-corrected chi connectivity index (χ0v) is 18.0. The Balaban J connectivity index is 1.32. The number of nitrogens with zero attached hydrogens (tertiary/aromatic N) is 3. The van der Waals surface area contributed by atoms with E-state index >= 15 is 0 Å². The zero-order chi connectivity index (χ0) is 21.2. The molecule has 3 aromatic rings. The smallest absolute Gasteiger partial charge is 0.254 e. The minimum Gasteiger partial charge on any atom is -0.491 e. The summed E-state index contributed by atoms with van der Waals surface area (Å²) in [5.41, 5.74) is 5.70. The molecule has 0 spiro atoms. The highest BCUT2D eigenvalue weighted by molar-refractivity contribution is 6.29. The fraction of sp³-hybridized carbons (Fsp3) is 0.280. The number of ether oxygens (including phenoxy) is 1. The molecule has 0 bridgehead atoms. The Morgan fingerprint density at radius 1 is 1.00 bits per heavy atom. The van der Waals surface area contributed by atoms with E-state index < -0.39 is 0 Å². The summed E-state index contributed by atoms with van der Waals surface area (Å²) in [5, 5.41) is 0.322. The van der Waals surface area contributed by atoms with Crippen molar-refractivity contribution < 1.29 is 9.53 Å². The van der Waals surface area contributed by atoms with Gasteiger partial charge in [0.15, 0.2) is 0 Å². The standard InChI is InChI=1S/C25H24ClN3O2/c26-24-14-20(7-9-27-24)25(30)29-11-12-31-23-6-5-18(13-22(23)17-29)15-28-10-8-19-3-1-2-4-21(19)16-28/h1-7,9,13-14H,8,10-12,15-17H2. The molecular formula is C25H24ClN3O2. The van der Waals surface area contributed by atoms with Crippen LogP contribution in [0.5, 0.6) is 5.75 Å². The van der Waals surface area contributed by atoms with E-state index in [1.165, 1.54) is 16.7 Å². The summed E-state index contributed by atoms with van der Waals surface area (Å²) in [7, 11) is 0. The first-order valence-corrected chi connectivity index (χ1v) is 11.0. The van der Waals surface area contributed by atoms with E-state index in [1.807, 2.05) is 11.0 Å². The van der Waals surface area contributed by atoms with E-state index in [2.05, 4.69) is 46.3 Å². The molecule has 3 heterocycles. The number of halogens is 1. The third-order valence-corrected chi connectivity index (χ3v) is 6.19. The van der Waals surface area contributed by atoms with Crippen LogP contribution in [0.1, 0.15) is 32.6 Å². The fourth-order valence-electron chi connectivity index (χ4n) is 4.38. The molecule has 0 fully saturated rings. The SMILES string of the molecule is O=C(c1ccnc(Cl)c1)N1CCOc2ccc(CN3CCc4ccccc4C3)cc2C1. The third-order valence-electron chi connectivity index (χ3n) is 5.98. The minimum atomic E-state index is -0.0567. The van der Waals surface area contributed by atoms with Crippen molar-refractivity contribution in [3.05, 3.63) is 93.8 Å². The second-order valence-electron chi connectivity index (χ2n) is 8.11. The van der Waals surface area contributed by atoms with Crippen molar-refractivity contribution in [3.63, 3.8) is 0 Å². The average Bonchev–Trinajstić information content (AvgIpc) is 3.00. The molecule has 2 aromatic carbocycles. The number of hydrogen-bond donors (Lipinski definition) is 0. The highest BCUT2D eigenvalue weighted by Crippen LogP contribution is 2.27. The van der Waals surface area contributed by atoms with Gasteiger partial charge in [-0.05, 0) is 47.4 Å². The monoisotopic (exact) mass is 433 g/mol. The summed E-state index contributed by atoms with van der Waals surface area (Å²) >= 11 is 5.97. The van der Waals surface area contributed by atoms with Gasteiger partial charge in [-0.1, -0.05) is 41.9 Å². The van der Waals surface area contributed by atoms with E-state index in [9.17, 15) is 4.79 Å². The molecule has 0 radical (unpaired) electrons. The van der Waals surface area contributed by atoms with Crippen molar-refractivity contribution in [2.75, 3.05) is 19.7 Å². The number of hydrogen-bond acceptors (Lipinski definition) is 4. The van der Waals surface area contributed by atoms with Gasteiger partial charge in [-0.2, -0.15) is 0 Å². The molecular weight excluding hydrogens is 410 g/mol. The zero-order valence-electron chi connectivity index (χ0n) is 17.3. The summed E-state index contributed by atoms with van der Waals surface area (Å²) in [6.45, 7) is 4.43. The van der Waals surface area contributed by atoms with E-state index in [4.69, 9.17) is 16.3 Å². The summed E-state index contributed by atoms with van der Waals surface area (Å²) in [5.74, 6) is 0.801. The van der Waals surface area contributed by atoms with Gasteiger partial charge in [-0.15, -0.1) is 0 Å². The molecule has 0 saturated carbocycles. The number of carbonyl (C=O) groups excluding carboxylic acids is 1. The largest absolute Gasteiger partial charge is 0.491 e. The normalized spacial score (nSPS) is 16.1. The van der Waals surface area contributed by atoms with E-state index in [0.29, 0.717) is 30.4 Å². The summed E-state index contributed by atoms with van der Waals surface area (Å²) < 4.78 is 5.93. The fourth-order valence-corrected chi connectivity index (χ4v) is 4.56. The van der Waals surface area contributed by atoms with Crippen LogP contribution >= 0.6 is 11.6 Å². The lowest BCUT2D eigenvalue weighted by Gasteiger charge is -2.29. The second kappa shape index (κ2) is 8.69. The Bertz CT molecular complexity index is 1120. The molecule has 2 aliphatic heterocycles. The van der Waals surface area contributed by atoms with Crippen LogP contribution in [-0.2, 0) is 26.1 Å². The Kier molecular flexibility index (Phi) is 5.62. The van der Waals surface area contributed by atoms with Crippen LogP contribution in [0.3, 0.4) is 0 Å². The Morgan fingerprint density at radius 3 is 2.74 bits per heavy atom. The van der Waals surface area contributed by atoms with Gasteiger partial charge in [0, 0.05) is 43.5 Å². The molecule has 0 unspecified atom stereocenters. The summed E-state index contributed by atoms with van der Waals surface area (Å²) in [4.78, 5) is 21.3. The molecule has 0 atom stereocenters. The molecule has 5 rings (SSSR count). The molecule has 6 heteroatoms. The van der Waals surface area contributed by atoms with Gasteiger partial charge in [-0.3, -0.25) is 9.69 Å². The molecule has 1 amide bonds. The van der Waals surface area contributed by atoms with Crippen LogP contribution in [0.15, 0.2) is 60.8 Å². The number of carbonyl (C=O) groups is 1. The van der Waals surface area contributed by atoms with Crippen LogP contribution in [-0.4, -0.2) is 40.4 Å². The van der Waals surface area contributed by atoms with Crippen molar-refractivity contribution in [2.45, 2.75) is 26.1 Å². The van der Waals surface area contributed by atoms with E-state index in [-0.39, 0.29) is 5.91 Å². The molecule has 158 valence electrons. The molecule has 5 nitrogen and oxygen atoms in total. The van der Waals surface area contributed by atoms with Gasteiger partial charge >= 0.3 is 0 Å². The van der Waals surface area contributed by atoms with Gasteiger partial charge in [-0.25, -0.2) is 4.98 Å². The minimum absolute atomic E-state index is 0.0567. The molecule has 0 aliphatic carbocycles. The molecule has 1 aromatic heterocycles.